The summed E-state index contributed by atoms with van der Waals surface area (Å²) in [5.41, 5.74) is 2.21. The Morgan fingerprint density at radius 1 is 1.12 bits per heavy atom. The molecule has 2 amide bonds. The van der Waals surface area contributed by atoms with Gasteiger partial charge in [0.05, 0.1) is 31.2 Å². The van der Waals surface area contributed by atoms with Crippen molar-refractivity contribution in [2.24, 2.45) is 4.99 Å². The van der Waals surface area contributed by atoms with Gasteiger partial charge >= 0.3 is 0 Å². The second-order valence-corrected chi connectivity index (χ2v) is 9.68. The lowest BCUT2D eigenvalue weighted by atomic mass is 10.2. The first kappa shape index (κ1) is 23.7. The second-order valence-electron chi connectivity index (χ2n) is 8.03. The van der Waals surface area contributed by atoms with Gasteiger partial charge in [0.1, 0.15) is 5.84 Å². The van der Waals surface area contributed by atoms with Crippen molar-refractivity contribution in [3.8, 4) is 0 Å². The van der Waals surface area contributed by atoms with Crippen molar-refractivity contribution in [1.29, 1.82) is 0 Å². The van der Waals surface area contributed by atoms with E-state index in [9.17, 15) is 18.0 Å². The van der Waals surface area contributed by atoms with Gasteiger partial charge in [0.2, 0.25) is 11.8 Å². The lowest BCUT2D eigenvalue weighted by Gasteiger charge is -2.28. The normalized spacial score (nSPS) is 17.7. The van der Waals surface area contributed by atoms with Crippen LogP contribution in [-0.2, 0) is 24.3 Å². The predicted octanol–water partition coefficient (Wildman–Crippen LogP) is 1.05. The van der Waals surface area contributed by atoms with E-state index in [2.05, 4.69) is 19.9 Å². The fourth-order valence-corrected chi connectivity index (χ4v) is 5.04. The molecule has 2 aliphatic rings. The van der Waals surface area contributed by atoms with Gasteiger partial charge < -0.3 is 19.9 Å². The van der Waals surface area contributed by atoms with Gasteiger partial charge in [-0.1, -0.05) is 12.1 Å². The van der Waals surface area contributed by atoms with Gasteiger partial charge in [-0.3, -0.25) is 19.3 Å². The van der Waals surface area contributed by atoms with E-state index in [0.717, 1.165) is 18.8 Å². The highest BCUT2D eigenvalue weighted by Crippen LogP contribution is 2.22. The highest BCUT2D eigenvalue weighted by molar-refractivity contribution is 7.90. The number of fused-ring (bicyclic) bond motifs is 1. The molecule has 0 bridgehead atoms. The van der Waals surface area contributed by atoms with Crippen molar-refractivity contribution < 1.29 is 22.7 Å². The predicted molar refractivity (Wildman–Crippen MR) is 129 cm³/mol. The number of hydrogen-bond acceptors (Lipinski definition) is 7. The van der Waals surface area contributed by atoms with Gasteiger partial charge in [0, 0.05) is 43.5 Å². The number of amides is 2. The monoisotopic (exact) mass is 485 g/mol. The Morgan fingerprint density at radius 3 is 2.56 bits per heavy atom. The molecule has 34 heavy (non-hydrogen) atoms. The van der Waals surface area contributed by atoms with Gasteiger partial charge in [0.15, 0.2) is 0 Å². The molecule has 2 N–H and O–H groups in total. The number of sulfonamides is 1. The molecule has 4 rings (SSSR count). The minimum absolute atomic E-state index is 0.0470. The molecule has 2 aromatic carbocycles. The van der Waals surface area contributed by atoms with Crippen LogP contribution < -0.4 is 14.9 Å². The van der Waals surface area contributed by atoms with Crippen LogP contribution in [0.15, 0.2) is 58.4 Å². The Kier molecular flexibility index (Phi) is 7.13. The average Bonchev–Trinajstić information content (AvgIpc) is 3.10. The van der Waals surface area contributed by atoms with Crippen molar-refractivity contribution >= 4 is 39.0 Å². The number of morpholine rings is 1. The molecular weight excluding hydrogens is 458 g/mol. The summed E-state index contributed by atoms with van der Waals surface area (Å²) in [6.45, 7) is 3.07. The summed E-state index contributed by atoms with van der Waals surface area (Å²) < 4.78 is 32.0. The molecule has 0 atom stereocenters. The molecule has 0 saturated carbocycles. The Bertz CT molecular complexity index is 1190. The van der Waals surface area contributed by atoms with Gasteiger partial charge in [-0.15, -0.1) is 0 Å². The number of likely N-dealkylation sites (N-methyl/N-ethyl adjacent to an activating group) is 1. The summed E-state index contributed by atoms with van der Waals surface area (Å²) in [7, 11) is -2.07. The molecule has 0 aliphatic carbocycles. The summed E-state index contributed by atoms with van der Waals surface area (Å²) in [5.74, 6) is -0.348. The zero-order valence-electron chi connectivity index (χ0n) is 18.9. The van der Waals surface area contributed by atoms with Crippen LogP contribution in [0.2, 0.25) is 0 Å². The topological polar surface area (TPSA) is 120 Å². The van der Waals surface area contributed by atoms with Crippen LogP contribution >= 0.6 is 0 Å². The number of amidine groups is 1. The molecule has 180 valence electrons. The maximum absolute atomic E-state index is 12.4. The van der Waals surface area contributed by atoms with Crippen molar-refractivity contribution in [3.63, 3.8) is 0 Å². The molecule has 11 heteroatoms. The van der Waals surface area contributed by atoms with Gasteiger partial charge in [-0.05, 0) is 36.4 Å². The number of carbonyl (C=O) groups excluding carboxylic acids is 2. The van der Waals surface area contributed by atoms with E-state index in [1.807, 2.05) is 24.3 Å². The van der Waals surface area contributed by atoms with Crippen LogP contribution in [0, 0.1) is 0 Å². The third-order valence-electron chi connectivity index (χ3n) is 5.59. The number of hydrogen-bond donors (Lipinski definition) is 2. The smallest absolute Gasteiger partial charge is 0.263 e. The number of rotatable bonds is 7. The lowest BCUT2D eigenvalue weighted by Crippen LogP contribution is -2.36. The highest BCUT2D eigenvalue weighted by atomic mass is 32.2. The summed E-state index contributed by atoms with van der Waals surface area (Å²) in [5, 5.41) is 2.80. The minimum Gasteiger partial charge on any atom is -0.378 e. The molecule has 2 heterocycles. The number of nitrogens with zero attached hydrogens (tertiary/aromatic N) is 3. The van der Waals surface area contributed by atoms with Crippen molar-refractivity contribution in [2.75, 3.05) is 56.7 Å². The third-order valence-corrected chi connectivity index (χ3v) is 6.99. The van der Waals surface area contributed by atoms with Crippen LogP contribution in [-0.4, -0.2) is 77.4 Å². The van der Waals surface area contributed by atoms with Crippen molar-refractivity contribution in [1.82, 2.24) is 9.62 Å². The van der Waals surface area contributed by atoms with Crippen molar-refractivity contribution in [3.05, 3.63) is 54.1 Å². The molecule has 1 saturated heterocycles. The molecule has 10 nitrogen and oxygen atoms in total. The largest absolute Gasteiger partial charge is 0.378 e. The molecule has 0 spiro atoms. The zero-order chi connectivity index (χ0) is 24.1. The first-order valence-electron chi connectivity index (χ1n) is 11.0. The zero-order valence-corrected chi connectivity index (χ0v) is 19.7. The van der Waals surface area contributed by atoms with Crippen molar-refractivity contribution in [2.45, 2.75) is 11.3 Å². The molecule has 2 aromatic rings. The van der Waals surface area contributed by atoms with E-state index in [0.29, 0.717) is 24.5 Å². The fraction of sp³-hybridized carbons (Fsp3) is 0.348. The summed E-state index contributed by atoms with van der Waals surface area (Å²) >= 11 is 0. The Labute approximate surface area is 198 Å². The number of aliphatic imine (C=N–C) groups is 1. The Hall–Kier alpha value is -3.44. The van der Waals surface area contributed by atoms with Crippen LogP contribution in [0.3, 0.4) is 0 Å². The summed E-state index contributed by atoms with van der Waals surface area (Å²) in [6.07, 6.45) is 0.0470. The van der Waals surface area contributed by atoms with E-state index in [-0.39, 0.29) is 42.1 Å². The molecular formula is C23H27N5O5S. The first-order chi connectivity index (χ1) is 16.3. The number of anilines is 2. The fourth-order valence-electron chi connectivity index (χ4n) is 3.79. The Balaban J connectivity index is 1.25. The molecule has 0 unspecified atom stereocenters. The van der Waals surface area contributed by atoms with E-state index < -0.39 is 10.0 Å². The molecule has 0 radical (unpaired) electrons. The highest BCUT2D eigenvalue weighted by Gasteiger charge is 2.30. The van der Waals surface area contributed by atoms with Crippen LogP contribution in [0.4, 0.5) is 11.4 Å². The van der Waals surface area contributed by atoms with E-state index in [4.69, 9.17) is 4.74 Å². The van der Waals surface area contributed by atoms with Crippen LogP contribution in [0.1, 0.15) is 12.0 Å². The molecule has 0 aromatic heterocycles. The summed E-state index contributed by atoms with van der Waals surface area (Å²) in [4.78, 5) is 32.8. The Morgan fingerprint density at radius 2 is 1.82 bits per heavy atom. The third kappa shape index (κ3) is 5.54. The van der Waals surface area contributed by atoms with Gasteiger partial charge in [-0.2, -0.15) is 0 Å². The number of carbonyl (C=O) groups is 2. The van der Waals surface area contributed by atoms with E-state index in [1.54, 1.807) is 25.2 Å². The summed E-state index contributed by atoms with van der Waals surface area (Å²) in [6, 6.07) is 14.1. The molecule has 2 aliphatic heterocycles. The van der Waals surface area contributed by atoms with E-state index >= 15 is 0 Å². The lowest BCUT2D eigenvalue weighted by molar-refractivity contribution is -0.133. The maximum atomic E-state index is 12.4. The molecule has 1 fully saturated rings. The van der Waals surface area contributed by atoms with E-state index in [1.165, 1.54) is 11.0 Å². The standard InChI is InChI=1S/C23H27N5O5S/c1-27(16-21(29)25-17-6-8-18(9-7-17)28-12-14-33-15-13-28)22(30)10-11-24-23-19-4-2-3-5-20(19)34(31,32)26-23/h2-9H,10-16H2,1H3,(H,24,26)(H,25,29). The van der Waals surface area contributed by atoms with Gasteiger partial charge in [0.25, 0.3) is 10.0 Å². The first-order valence-corrected chi connectivity index (χ1v) is 12.4. The average molecular weight is 486 g/mol. The van der Waals surface area contributed by atoms with Crippen LogP contribution in [0.25, 0.3) is 0 Å². The minimum atomic E-state index is -3.61. The number of ether oxygens (including phenoxy) is 1. The second kappa shape index (κ2) is 10.2. The number of nitrogens with one attached hydrogen (secondary N) is 2. The van der Waals surface area contributed by atoms with Gasteiger partial charge in [-0.25, -0.2) is 8.42 Å². The quantitative estimate of drug-likeness (QED) is 0.605. The van der Waals surface area contributed by atoms with Crippen LogP contribution in [0.5, 0.6) is 0 Å². The SMILES string of the molecule is CN(CC(=O)Nc1ccc(N2CCOCC2)cc1)C(=O)CCN=C1NS(=O)(=O)c2ccccc21. The number of benzene rings is 2. The maximum Gasteiger partial charge on any atom is 0.263 e.